The molecule has 1 aromatic carbocycles. The predicted octanol–water partition coefficient (Wildman–Crippen LogP) is 1.13. The van der Waals surface area contributed by atoms with E-state index in [-0.39, 0.29) is 11.7 Å². The highest BCUT2D eigenvalue weighted by atomic mass is 16.3. The van der Waals surface area contributed by atoms with Gasteiger partial charge < -0.3 is 15.3 Å². The van der Waals surface area contributed by atoms with Crippen molar-refractivity contribution in [1.82, 2.24) is 10.2 Å². The maximum atomic E-state index is 12.5. The quantitative estimate of drug-likeness (QED) is 0.781. The summed E-state index contributed by atoms with van der Waals surface area (Å²) >= 11 is 0. The van der Waals surface area contributed by atoms with Gasteiger partial charge in [-0.2, -0.15) is 0 Å². The van der Waals surface area contributed by atoms with Gasteiger partial charge in [0, 0.05) is 31.2 Å². The third kappa shape index (κ3) is 1.77. The molecule has 0 aliphatic carbocycles. The zero-order chi connectivity index (χ0) is 12.7. The second kappa shape index (κ2) is 4.28. The highest BCUT2D eigenvalue weighted by molar-refractivity contribution is 5.95. The molecule has 0 bridgehead atoms. The summed E-state index contributed by atoms with van der Waals surface area (Å²) in [7, 11) is 0. The van der Waals surface area contributed by atoms with E-state index in [0.29, 0.717) is 17.5 Å². The number of carbonyl (C=O) groups is 1. The molecule has 2 fully saturated rings. The summed E-state index contributed by atoms with van der Waals surface area (Å²) in [6.07, 6.45) is 1.10. The Morgan fingerprint density at radius 2 is 2.28 bits per heavy atom. The van der Waals surface area contributed by atoms with Gasteiger partial charge in [0.2, 0.25) is 0 Å². The van der Waals surface area contributed by atoms with Crippen LogP contribution in [0.4, 0.5) is 0 Å². The minimum Gasteiger partial charge on any atom is -0.508 e. The van der Waals surface area contributed by atoms with Gasteiger partial charge in [-0.1, -0.05) is 0 Å². The van der Waals surface area contributed by atoms with Crippen LogP contribution in [0.15, 0.2) is 18.2 Å². The molecule has 0 unspecified atom stereocenters. The lowest BCUT2D eigenvalue weighted by molar-refractivity contribution is 0.0737. The molecular formula is C14H18N2O2. The van der Waals surface area contributed by atoms with Crippen molar-refractivity contribution in [2.45, 2.75) is 19.4 Å². The van der Waals surface area contributed by atoms with E-state index in [4.69, 9.17) is 0 Å². The number of benzene rings is 1. The van der Waals surface area contributed by atoms with Crippen LogP contribution >= 0.6 is 0 Å². The highest BCUT2D eigenvalue weighted by Gasteiger charge is 2.40. The van der Waals surface area contributed by atoms with Gasteiger partial charge in [0.05, 0.1) is 0 Å². The summed E-state index contributed by atoms with van der Waals surface area (Å²) in [5.41, 5.74) is 1.43. The van der Waals surface area contributed by atoms with E-state index in [9.17, 15) is 9.90 Å². The first-order valence-electron chi connectivity index (χ1n) is 6.48. The van der Waals surface area contributed by atoms with Gasteiger partial charge in [-0.25, -0.2) is 0 Å². The Hall–Kier alpha value is -1.55. The third-order valence-corrected chi connectivity index (χ3v) is 4.15. The minimum atomic E-state index is 0.0919. The fourth-order valence-corrected chi connectivity index (χ4v) is 3.06. The first-order chi connectivity index (χ1) is 8.66. The number of phenolic OH excluding ortho intramolecular Hbond substituents is 1. The monoisotopic (exact) mass is 246 g/mol. The topological polar surface area (TPSA) is 52.6 Å². The summed E-state index contributed by atoms with van der Waals surface area (Å²) in [4.78, 5) is 14.5. The first kappa shape index (κ1) is 11.5. The van der Waals surface area contributed by atoms with Crippen LogP contribution in [0.2, 0.25) is 0 Å². The predicted molar refractivity (Wildman–Crippen MR) is 68.6 cm³/mol. The van der Waals surface area contributed by atoms with Crippen LogP contribution in [0.5, 0.6) is 5.75 Å². The molecule has 4 nitrogen and oxygen atoms in total. The van der Waals surface area contributed by atoms with Crippen LogP contribution in [-0.2, 0) is 0 Å². The highest BCUT2D eigenvalue weighted by Crippen LogP contribution is 2.29. The van der Waals surface area contributed by atoms with Gasteiger partial charge in [-0.15, -0.1) is 0 Å². The fraction of sp³-hybridized carbons (Fsp3) is 0.500. The third-order valence-electron chi connectivity index (χ3n) is 4.15. The number of rotatable bonds is 1. The molecule has 2 heterocycles. The maximum Gasteiger partial charge on any atom is 0.254 e. The van der Waals surface area contributed by atoms with Crippen molar-refractivity contribution in [2.75, 3.05) is 19.6 Å². The number of likely N-dealkylation sites (tertiary alicyclic amines) is 1. The smallest absolute Gasteiger partial charge is 0.254 e. The molecule has 3 rings (SSSR count). The van der Waals surface area contributed by atoms with E-state index in [1.54, 1.807) is 18.2 Å². The number of aryl methyl sites for hydroxylation is 1. The van der Waals surface area contributed by atoms with Gasteiger partial charge in [-0.05, 0) is 43.0 Å². The molecule has 2 aliphatic heterocycles. The van der Waals surface area contributed by atoms with Gasteiger partial charge in [0.15, 0.2) is 0 Å². The van der Waals surface area contributed by atoms with Gasteiger partial charge in [0.25, 0.3) is 5.91 Å². The first-order valence-corrected chi connectivity index (χ1v) is 6.48. The lowest BCUT2D eigenvalue weighted by Crippen LogP contribution is -2.39. The van der Waals surface area contributed by atoms with E-state index in [1.807, 2.05) is 11.8 Å². The van der Waals surface area contributed by atoms with Crippen LogP contribution in [0, 0.1) is 12.8 Å². The zero-order valence-electron chi connectivity index (χ0n) is 10.5. The van der Waals surface area contributed by atoms with E-state index >= 15 is 0 Å². The lowest BCUT2D eigenvalue weighted by atomic mass is 10.0. The number of carbonyl (C=O) groups excluding carboxylic acids is 1. The molecule has 2 aliphatic rings. The molecule has 2 N–H and O–H groups in total. The molecule has 18 heavy (non-hydrogen) atoms. The Morgan fingerprint density at radius 1 is 1.44 bits per heavy atom. The van der Waals surface area contributed by atoms with Crippen LogP contribution in [-0.4, -0.2) is 41.6 Å². The van der Waals surface area contributed by atoms with Crippen molar-refractivity contribution >= 4 is 5.91 Å². The minimum absolute atomic E-state index is 0.0919. The molecule has 4 heteroatoms. The van der Waals surface area contributed by atoms with Crippen molar-refractivity contribution in [3.8, 4) is 5.75 Å². The SMILES string of the molecule is Cc1cc(C(=O)N2CC[C@H]3CNC[C@H]32)ccc1O. The second-order valence-electron chi connectivity index (χ2n) is 5.27. The number of amides is 1. The molecular weight excluding hydrogens is 228 g/mol. The van der Waals surface area contributed by atoms with Gasteiger partial charge in [-0.3, -0.25) is 4.79 Å². The zero-order valence-corrected chi connectivity index (χ0v) is 10.5. The molecule has 0 aromatic heterocycles. The molecule has 0 radical (unpaired) electrons. The number of aromatic hydroxyl groups is 1. The second-order valence-corrected chi connectivity index (χ2v) is 5.27. The van der Waals surface area contributed by atoms with E-state index in [2.05, 4.69) is 5.32 Å². The summed E-state index contributed by atoms with van der Waals surface area (Å²) in [6.45, 7) is 4.61. The summed E-state index contributed by atoms with van der Waals surface area (Å²) in [6, 6.07) is 5.43. The Bertz CT molecular complexity index is 487. The average molecular weight is 246 g/mol. The Morgan fingerprint density at radius 3 is 3.06 bits per heavy atom. The van der Waals surface area contributed by atoms with Crippen molar-refractivity contribution < 1.29 is 9.90 Å². The lowest BCUT2D eigenvalue weighted by Gasteiger charge is -2.23. The standard InChI is InChI=1S/C14H18N2O2/c1-9-6-10(2-3-13(9)17)14(18)16-5-4-11-7-15-8-12(11)16/h2-3,6,11-12,15,17H,4-5,7-8H2,1H3/t11-,12+/m0/s1. The Balaban J connectivity index is 1.84. The molecule has 2 saturated heterocycles. The number of phenols is 1. The Kier molecular flexibility index (Phi) is 2.74. The Labute approximate surface area is 107 Å². The number of fused-ring (bicyclic) bond motifs is 1. The number of hydrogen-bond donors (Lipinski definition) is 2. The number of nitrogens with zero attached hydrogens (tertiary/aromatic N) is 1. The fourth-order valence-electron chi connectivity index (χ4n) is 3.06. The summed E-state index contributed by atoms with van der Waals surface area (Å²) in [5.74, 6) is 0.954. The average Bonchev–Trinajstić information content (AvgIpc) is 2.93. The molecule has 2 atom stereocenters. The maximum absolute atomic E-state index is 12.5. The molecule has 96 valence electrons. The summed E-state index contributed by atoms with van der Waals surface area (Å²) < 4.78 is 0. The van der Waals surface area contributed by atoms with Crippen molar-refractivity contribution in [1.29, 1.82) is 0 Å². The van der Waals surface area contributed by atoms with E-state index in [0.717, 1.165) is 31.6 Å². The summed E-state index contributed by atoms with van der Waals surface area (Å²) in [5, 5.41) is 12.9. The van der Waals surface area contributed by atoms with Crippen molar-refractivity contribution in [3.63, 3.8) is 0 Å². The van der Waals surface area contributed by atoms with Crippen LogP contribution in [0.3, 0.4) is 0 Å². The number of hydrogen-bond acceptors (Lipinski definition) is 3. The molecule has 0 saturated carbocycles. The van der Waals surface area contributed by atoms with Crippen LogP contribution < -0.4 is 5.32 Å². The van der Waals surface area contributed by atoms with Crippen molar-refractivity contribution in [2.24, 2.45) is 5.92 Å². The molecule has 0 spiro atoms. The normalized spacial score (nSPS) is 26.4. The molecule has 1 amide bonds. The van der Waals surface area contributed by atoms with E-state index in [1.165, 1.54) is 0 Å². The largest absolute Gasteiger partial charge is 0.508 e. The number of nitrogens with one attached hydrogen (secondary N) is 1. The molecule has 1 aromatic rings. The van der Waals surface area contributed by atoms with E-state index < -0.39 is 0 Å². The van der Waals surface area contributed by atoms with Crippen molar-refractivity contribution in [3.05, 3.63) is 29.3 Å². The van der Waals surface area contributed by atoms with Gasteiger partial charge in [0.1, 0.15) is 5.75 Å². The van der Waals surface area contributed by atoms with Crippen LogP contribution in [0.1, 0.15) is 22.3 Å². The van der Waals surface area contributed by atoms with Gasteiger partial charge >= 0.3 is 0 Å². The van der Waals surface area contributed by atoms with Crippen LogP contribution in [0.25, 0.3) is 0 Å².